The standard InChI is InChI=1S/C21H28N4O3.HI/c1-3-22-20(23-14-13-19(26)17-7-5-4-6-8-17)24-15-16-9-11-18(12-10-16)25-21(27)28-2;/h4-12,19,26H,3,13-15H2,1-2H3,(H,25,27)(H2,22,23,24);1H. The van der Waals surface area contributed by atoms with E-state index in [9.17, 15) is 9.90 Å². The Balaban J connectivity index is 0.00000420. The van der Waals surface area contributed by atoms with E-state index < -0.39 is 12.2 Å². The Bertz CT molecular complexity index is 754. The highest BCUT2D eigenvalue weighted by Crippen LogP contribution is 2.15. The molecule has 0 aromatic heterocycles. The van der Waals surface area contributed by atoms with E-state index in [1.54, 1.807) is 12.1 Å². The van der Waals surface area contributed by atoms with Crippen molar-refractivity contribution in [1.29, 1.82) is 0 Å². The number of nitrogens with one attached hydrogen (secondary N) is 3. The monoisotopic (exact) mass is 512 g/mol. The maximum Gasteiger partial charge on any atom is 0.411 e. The number of rotatable bonds is 8. The minimum absolute atomic E-state index is 0. The first-order valence-corrected chi connectivity index (χ1v) is 9.31. The summed E-state index contributed by atoms with van der Waals surface area (Å²) in [5.74, 6) is 0.694. The van der Waals surface area contributed by atoms with Gasteiger partial charge in [0.15, 0.2) is 5.96 Å². The van der Waals surface area contributed by atoms with Gasteiger partial charge in [0.1, 0.15) is 0 Å². The molecule has 0 aliphatic heterocycles. The minimum atomic E-state index is -0.508. The van der Waals surface area contributed by atoms with Crippen LogP contribution in [0.3, 0.4) is 0 Å². The number of amides is 1. The predicted octanol–water partition coefficient (Wildman–Crippen LogP) is 3.66. The maximum absolute atomic E-state index is 11.2. The second-order valence-electron chi connectivity index (χ2n) is 6.15. The molecule has 1 unspecified atom stereocenters. The van der Waals surface area contributed by atoms with Gasteiger partial charge < -0.3 is 20.5 Å². The van der Waals surface area contributed by atoms with Gasteiger partial charge >= 0.3 is 6.09 Å². The Labute approximate surface area is 189 Å². The van der Waals surface area contributed by atoms with Crippen LogP contribution in [0, 0.1) is 0 Å². The number of carbonyl (C=O) groups is 1. The van der Waals surface area contributed by atoms with Crippen LogP contribution in [0.15, 0.2) is 59.6 Å². The van der Waals surface area contributed by atoms with Crippen molar-refractivity contribution in [2.75, 3.05) is 25.5 Å². The molecule has 29 heavy (non-hydrogen) atoms. The van der Waals surface area contributed by atoms with Crippen LogP contribution in [-0.2, 0) is 11.3 Å². The van der Waals surface area contributed by atoms with Crippen LogP contribution < -0.4 is 16.0 Å². The molecule has 1 atom stereocenters. The highest BCUT2D eigenvalue weighted by Gasteiger charge is 2.07. The van der Waals surface area contributed by atoms with Gasteiger partial charge in [-0.3, -0.25) is 5.32 Å². The van der Waals surface area contributed by atoms with Crippen LogP contribution in [0.5, 0.6) is 0 Å². The predicted molar refractivity (Wildman–Crippen MR) is 127 cm³/mol. The summed E-state index contributed by atoms with van der Waals surface area (Å²) in [6.45, 7) is 3.84. The zero-order chi connectivity index (χ0) is 20.2. The Hall–Kier alpha value is -2.33. The van der Waals surface area contributed by atoms with Crippen molar-refractivity contribution in [1.82, 2.24) is 10.6 Å². The van der Waals surface area contributed by atoms with Crippen molar-refractivity contribution >= 4 is 41.7 Å². The molecule has 2 rings (SSSR count). The van der Waals surface area contributed by atoms with E-state index in [0.717, 1.165) is 17.7 Å². The lowest BCUT2D eigenvalue weighted by molar-refractivity contribution is 0.168. The summed E-state index contributed by atoms with van der Waals surface area (Å²) in [5, 5.41) is 19.3. The smallest absolute Gasteiger partial charge is 0.411 e. The molecule has 1 amide bonds. The molecule has 8 heteroatoms. The lowest BCUT2D eigenvalue weighted by atomic mass is 10.1. The van der Waals surface area contributed by atoms with Crippen molar-refractivity contribution in [2.45, 2.75) is 26.0 Å². The SMILES string of the molecule is CCNC(=NCc1ccc(NC(=O)OC)cc1)NCCC(O)c1ccccc1.I. The van der Waals surface area contributed by atoms with Gasteiger partial charge in [-0.1, -0.05) is 42.5 Å². The van der Waals surface area contributed by atoms with E-state index in [1.165, 1.54) is 7.11 Å². The Morgan fingerprint density at radius 2 is 1.79 bits per heavy atom. The topological polar surface area (TPSA) is 95.0 Å². The summed E-state index contributed by atoms with van der Waals surface area (Å²) in [6.07, 6.45) is -0.420. The number of guanidine groups is 1. The second kappa shape index (κ2) is 13.8. The molecule has 0 bridgehead atoms. The molecular weight excluding hydrogens is 483 g/mol. The lowest BCUT2D eigenvalue weighted by Crippen LogP contribution is -2.38. The third kappa shape index (κ3) is 9.14. The van der Waals surface area contributed by atoms with Crippen molar-refractivity contribution in [3.63, 3.8) is 0 Å². The van der Waals surface area contributed by atoms with E-state index >= 15 is 0 Å². The van der Waals surface area contributed by atoms with Crippen molar-refractivity contribution in [3.8, 4) is 0 Å². The summed E-state index contributed by atoms with van der Waals surface area (Å²) in [4.78, 5) is 15.8. The quantitative estimate of drug-likeness (QED) is 0.246. The number of aliphatic hydroxyl groups is 1. The molecule has 2 aromatic rings. The second-order valence-corrected chi connectivity index (χ2v) is 6.15. The number of hydrogen-bond acceptors (Lipinski definition) is 4. The fourth-order valence-electron chi connectivity index (χ4n) is 2.54. The average Bonchev–Trinajstić information content (AvgIpc) is 2.73. The molecule has 2 aromatic carbocycles. The molecule has 0 spiro atoms. The summed E-state index contributed by atoms with van der Waals surface area (Å²) in [5.41, 5.74) is 2.59. The number of benzene rings is 2. The summed E-state index contributed by atoms with van der Waals surface area (Å²) < 4.78 is 4.57. The molecule has 0 saturated carbocycles. The van der Waals surface area contributed by atoms with E-state index in [-0.39, 0.29) is 24.0 Å². The number of hydrogen-bond donors (Lipinski definition) is 4. The highest BCUT2D eigenvalue weighted by molar-refractivity contribution is 14.0. The van der Waals surface area contributed by atoms with Crippen molar-refractivity contribution < 1.29 is 14.6 Å². The van der Waals surface area contributed by atoms with Gasteiger partial charge in [-0.05, 0) is 36.6 Å². The Morgan fingerprint density at radius 3 is 2.41 bits per heavy atom. The molecular formula is C21H29IN4O3. The zero-order valence-electron chi connectivity index (χ0n) is 16.7. The molecule has 158 valence electrons. The fourth-order valence-corrected chi connectivity index (χ4v) is 2.54. The van der Waals surface area contributed by atoms with Crippen molar-refractivity contribution in [2.24, 2.45) is 4.99 Å². The first-order chi connectivity index (χ1) is 13.6. The number of anilines is 1. The average molecular weight is 512 g/mol. The van der Waals surface area contributed by atoms with Gasteiger partial charge in [0, 0.05) is 18.8 Å². The highest BCUT2D eigenvalue weighted by atomic mass is 127. The van der Waals surface area contributed by atoms with Gasteiger partial charge in [-0.2, -0.15) is 0 Å². The van der Waals surface area contributed by atoms with Gasteiger partial charge in [-0.15, -0.1) is 24.0 Å². The lowest BCUT2D eigenvalue weighted by Gasteiger charge is -2.14. The van der Waals surface area contributed by atoms with Gasteiger partial charge in [0.2, 0.25) is 0 Å². The van der Waals surface area contributed by atoms with Gasteiger partial charge in [0.05, 0.1) is 19.8 Å². The van der Waals surface area contributed by atoms with E-state index in [2.05, 4.69) is 25.7 Å². The number of halogens is 1. The number of carbonyl (C=O) groups excluding carboxylic acids is 1. The zero-order valence-corrected chi connectivity index (χ0v) is 19.1. The molecule has 0 fully saturated rings. The normalized spacial score (nSPS) is 11.8. The number of methoxy groups -OCH3 is 1. The first kappa shape index (κ1) is 24.7. The number of aliphatic imine (C=N–C) groups is 1. The molecule has 0 aliphatic carbocycles. The minimum Gasteiger partial charge on any atom is -0.453 e. The summed E-state index contributed by atoms with van der Waals surface area (Å²) in [6, 6.07) is 17.0. The van der Waals surface area contributed by atoms with Crippen LogP contribution in [0.4, 0.5) is 10.5 Å². The molecule has 0 radical (unpaired) electrons. The molecule has 0 saturated heterocycles. The van der Waals surface area contributed by atoms with Gasteiger partial charge in [0.25, 0.3) is 0 Å². The van der Waals surface area contributed by atoms with E-state index in [0.29, 0.717) is 31.2 Å². The maximum atomic E-state index is 11.2. The summed E-state index contributed by atoms with van der Waals surface area (Å²) >= 11 is 0. The van der Waals surface area contributed by atoms with Crippen molar-refractivity contribution in [3.05, 3.63) is 65.7 Å². The van der Waals surface area contributed by atoms with E-state index in [4.69, 9.17) is 0 Å². The van der Waals surface area contributed by atoms with Crippen LogP contribution >= 0.6 is 24.0 Å². The molecule has 7 nitrogen and oxygen atoms in total. The van der Waals surface area contributed by atoms with Crippen LogP contribution in [0.25, 0.3) is 0 Å². The van der Waals surface area contributed by atoms with Crippen LogP contribution in [-0.4, -0.2) is 37.4 Å². The van der Waals surface area contributed by atoms with Gasteiger partial charge in [-0.25, -0.2) is 9.79 Å². The first-order valence-electron chi connectivity index (χ1n) is 9.31. The third-order valence-corrected chi connectivity index (χ3v) is 4.04. The molecule has 0 aliphatic rings. The largest absolute Gasteiger partial charge is 0.453 e. The number of nitrogens with zero attached hydrogens (tertiary/aromatic N) is 1. The third-order valence-electron chi connectivity index (χ3n) is 4.04. The Morgan fingerprint density at radius 1 is 1.10 bits per heavy atom. The van der Waals surface area contributed by atoms with Crippen LogP contribution in [0.2, 0.25) is 0 Å². The van der Waals surface area contributed by atoms with E-state index in [1.807, 2.05) is 49.4 Å². The number of aliphatic hydroxyl groups excluding tert-OH is 1. The molecule has 4 N–H and O–H groups in total. The number of ether oxygens (including phenoxy) is 1. The molecule has 0 heterocycles. The fraction of sp³-hybridized carbons (Fsp3) is 0.333. The van der Waals surface area contributed by atoms with Crippen LogP contribution in [0.1, 0.15) is 30.6 Å². The Kier molecular flexibility index (Phi) is 11.7. The summed E-state index contributed by atoms with van der Waals surface area (Å²) in [7, 11) is 1.33.